The molecule has 2 heterocycles. The number of amides is 1. The average Bonchev–Trinajstić information content (AvgIpc) is 3.13. The molecule has 0 spiro atoms. The number of fused-ring (bicyclic) bond motifs is 3. The molecule has 1 aromatic heterocycles. The van der Waals surface area contributed by atoms with Crippen LogP contribution in [0, 0.1) is 13.8 Å². The van der Waals surface area contributed by atoms with Gasteiger partial charge >= 0.3 is 0 Å². The standard InChI is InChI=1S/C18H15ClN4O.C9H11NO/c1-11-21-22-17-10-20-18(12-3-5-13(19)6-4-12)15-9-14(24-2)7-8-16(15)23(11)17;1-7-3-5-9(6-4-7)10-8(2)11/h3-9H,10H2,1-2H3;3-6H,1-2H3,(H,10,11). The number of benzene rings is 3. The van der Waals surface area contributed by atoms with E-state index in [2.05, 4.69) is 15.5 Å². The highest BCUT2D eigenvalue weighted by Gasteiger charge is 2.22. The number of anilines is 1. The maximum absolute atomic E-state index is 10.6. The summed E-state index contributed by atoms with van der Waals surface area (Å²) in [5.74, 6) is 2.41. The normalized spacial score (nSPS) is 11.7. The van der Waals surface area contributed by atoms with Crippen molar-refractivity contribution in [1.29, 1.82) is 0 Å². The fourth-order valence-electron chi connectivity index (χ4n) is 3.78. The van der Waals surface area contributed by atoms with Crippen LogP contribution in [-0.2, 0) is 11.3 Å². The monoisotopic (exact) mass is 487 g/mol. The van der Waals surface area contributed by atoms with E-state index in [1.165, 1.54) is 12.5 Å². The summed E-state index contributed by atoms with van der Waals surface area (Å²) >= 11 is 6.02. The zero-order valence-electron chi connectivity index (χ0n) is 20.0. The van der Waals surface area contributed by atoms with Crippen LogP contribution in [0.4, 0.5) is 5.69 Å². The van der Waals surface area contributed by atoms with Crippen molar-refractivity contribution in [1.82, 2.24) is 14.8 Å². The third kappa shape index (κ3) is 5.58. The summed E-state index contributed by atoms with van der Waals surface area (Å²) in [6, 6.07) is 21.3. The Hall–Kier alpha value is -3.97. The van der Waals surface area contributed by atoms with Gasteiger partial charge < -0.3 is 10.1 Å². The number of ether oxygens (including phenoxy) is 1. The molecule has 0 aliphatic carbocycles. The molecule has 1 N–H and O–H groups in total. The van der Waals surface area contributed by atoms with E-state index in [0.717, 1.165) is 45.6 Å². The Balaban J connectivity index is 0.000000221. The van der Waals surface area contributed by atoms with Crippen LogP contribution in [-0.4, -0.2) is 33.5 Å². The summed E-state index contributed by atoms with van der Waals surface area (Å²) in [7, 11) is 1.66. The van der Waals surface area contributed by atoms with Gasteiger partial charge in [0.1, 0.15) is 18.1 Å². The Bertz CT molecular complexity index is 1380. The number of methoxy groups -OCH3 is 1. The second kappa shape index (κ2) is 10.5. The fraction of sp³-hybridized carbons (Fsp3) is 0.185. The van der Waals surface area contributed by atoms with Crippen molar-refractivity contribution < 1.29 is 9.53 Å². The number of hydrogen-bond donors (Lipinski definition) is 1. The fourth-order valence-corrected chi connectivity index (χ4v) is 3.90. The van der Waals surface area contributed by atoms with Crippen LogP contribution in [0.25, 0.3) is 5.69 Å². The Morgan fingerprint density at radius 3 is 2.37 bits per heavy atom. The quantitative estimate of drug-likeness (QED) is 0.411. The lowest BCUT2D eigenvalue weighted by atomic mass is 10.00. The molecule has 4 aromatic rings. The van der Waals surface area contributed by atoms with Crippen molar-refractivity contribution in [2.75, 3.05) is 12.4 Å². The maximum atomic E-state index is 10.6. The van der Waals surface area contributed by atoms with Gasteiger partial charge in [0.2, 0.25) is 5.91 Å². The lowest BCUT2D eigenvalue weighted by molar-refractivity contribution is -0.114. The maximum Gasteiger partial charge on any atom is 0.221 e. The number of rotatable bonds is 3. The first-order valence-corrected chi connectivity index (χ1v) is 11.5. The molecular weight excluding hydrogens is 462 g/mol. The summed E-state index contributed by atoms with van der Waals surface area (Å²) in [6.07, 6.45) is 0. The molecule has 5 rings (SSSR count). The number of carbonyl (C=O) groups excluding carboxylic acids is 1. The smallest absolute Gasteiger partial charge is 0.221 e. The molecule has 3 aromatic carbocycles. The minimum absolute atomic E-state index is 0.0335. The highest BCUT2D eigenvalue weighted by molar-refractivity contribution is 6.30. The second-order valence-electron chi connectivity index (χ2n) is 8.10. The second-order valence-corrected chi connectivity index (χ2v) is 8.54. The Morgan fingerprint density at radius 1 is 1.00 bits per heavy atom. The number of aliphatic imine (C=N–C) groups is 1. The Kier molecular flexibility index (Phi) is 7.27. The van der Waals surface area contributed by atoms with Gasteiger partial charge in [0.25, 0.3) is 0 Å². The molecule has 0 fully saturated rings. The van der Waals surface area contributed by atoms with E-state index in [1.54, 1.807) is 7.11 Å². The van der Waals surface area contributed by atoms with Gasteiger partial charge in [-0.05, 0) is 56.3 Å². The molecule has 1 amide bonds. The van der Waals surface area contributed by atoms with Crippen molar-refractivity contribution in [2.45, 2.75) is 27.3 Å². The van der Waals surface area contributed by atoms with Gasteiger partial charge in [0, 0.05) is 28.8 Å². The Morgan fingerprint density at radius 2 is 1.71 bits per heavy atom. The first-order chi connectivity index (χ1) is 16.9. The number of hydrogen-bond acceptors (Lipinski definition) is 5. The number of carbonyl (C=O) groups is 1. The van der Waals surface area contributed by atoms with Crippen LogP contribution in [0.2, 0.25) is 5.02 Å². The third-order valence-corrected chi connectivity index (χ3v) is 5.71. The zero-order chi connectivity index (χ0) is 24.9. The third-order valence-electron chi connectivity index (χ3n) is 5.46. The molecule has 0 atom stereocenters. The molecule has 0 radical (unpaired) electrons. The van der Waals surface area contributed by atoms with Gasteiger partial charge in [-0.3, -0.25) is 14.4 Å². The average molecular weight is 488 g/mol. The summed E-state index contributed by atoms with van der Waals surface area (Å²) in [4.78, 5) is 15.4. The summed E-state index contributed by atoms with van der Waals surface area (Å²) in [6.45, 7) is 5.92. The minimum Gasteiger partial charge on any atom is -0.497 e. The number of halogens is 1. The van der Waals surface area contributed by atoms with Gasteiger partial charge in [-0.1, -0.05) is 41.4 Å². The van der Waals surface area contributed by atoms with E-state index in [0.29, 0.717) is 11.6 Å². The molecular formula is C27H26ClN5O2. The molecule has 0 unspecified atom stereocenters. The number of aryl methyl sites for hydroxylation is 2. The van der Waals surface area contributed by atoms with Crippen molar-refractivity contribution in [3.63, 3.8) is 0 Å². The lowest BCUT2D eigenvalue weighted by Crippen LogP contribution is -2.08. The molecule has 178 valence electrons. The zero-order valence-corrected chi connectivity index (χ0v) is 20.8. The van der Waals surface area contributed by atoms with Gasteiger partial charge in [-0.15, -0.1) is 10.2 Å². The largest absolute Gasteiger partial charge is 0.497 e. The van der Waals surface area contributed by atoms with Crippen LogP contribution < -0.4 is 10.1 Å². The van der Waals surface area contributed by atoms with E-state index in [-0.39, 0.29) is 5.91 Å². The van der Waals surface area contributed by atoms with Gasteiger partial charge in [0.15, 0.2) is 5.82 Å². The van der Waals surface area contributed by atoms with E-state index in [4.69, 9.17) is 21.3 Å². The molecule has 0 bridgehead atoms. The number of nitrogens with one attached hydrogen (secondary N) is 1. The molecule has 7 nitrogen and oxygen atoms in total. The van der Waals surface area contributed by atoms with E-state index in [9.17, 15) is 4.79 Å². The Labute approximate surface area is 209 Å². The van der Waals surface area contributed by atoms with Crippen LogP contribution >= 0.6 is 11.6 Å². The number of nitrogens with zero attached hydrogens (tertiary/aromatic N) is 4. The van der Waals surface area contributed by atoms with E-state index < -0.39 is 0 Å². The van der Waals surface area contributed by atoms with Crippen LogP contribution in [0.15, 0.2) is 71.7 Å². The molecule has 1 aliphatic heterocycles. The predicted octanol–water partition coefficient (Wildman–Crippen LogP) is 5.54. The summed E-state index contributed by atoms with van der Waals surface area (Å²) in [5, 5.41) is 11.8. The molecule has 35 heavy (non-hydrogen) atoms. The molecule has 0 saturated carbocycles. The highest BCUT2D eigenvalue weighted by atomic mass is 35.5. The van der Waals surface area contributed by atoms with Crippen LogP contribution in [0.3, 0.4) is 0 Å². The first-order valence-electron chi connectivity index (χ1n) is 11.1. The van der Waals surface area contributed by atoms with Crippen molar-refractivity contribution >= 4 is 28.9 Å². The topological polar surface area (TPSA) is 81.4 Å². The van der Waals surface area contributed by atoms with E-state index in [1.807, 2.05) is 85.1 Å². The van der Waals surface area contributed by atoms with Gasteiger partial charge in [0.05, 0.1) is 18.5 Å². The van der Waals surface area contributed by atoms with E-state index >= 15 is 0 Å². The molecule has 0 saturated heterocycles. The van der Waals surface area contributed by atoms with Crippen molar-refractivity contribution in [3.05, 3.63) is 100 Å². The SMILES string of the molecule is CC(=O)Nc1ccc(C)cc1.COc1ccc2c(c1)C(c1ccc(Cl)cc1)=NCc1nnc(C)n1-2. The van der Waals surface area contributed by atoms with Crippen LogP contribution in [0.5, 0.6) is 5.75 Å². The minimum atomic E-state index is -0.0335. The number of aromatic nitrogens is 3. The molecule has 1 aliphatic rings. The van der Waals surface area contributed by atoms with Crippen molar-refractivity contribution in [3.8, 4) is 11.4 Å². The highest BCUT2D eigenvalue weighted by Crippen LogP contribution is 2.29. The summed E-state index contributed by atoms with van der Waals surface area (Å²) < 4.78 is 7.45. The van der Waals surface area contributed by atoms with Crippen molar-refractivity contribution in [2.24, 2.45) is 4.99 Å². The predicted molar refractivity (Wildman–Crippen MR) is 139 cm³/mol. The summed E-state index contributed by atoms with van der Waals surface area (Å²) in [5.41, 5.74) is 5.93. The van der Waals surface area contributed by atoms with Gasteiger partial charge in [-0.2, -0.15) is 0 Å². The van der Waals surface area contributed by atoms with Crippen LogP contribution in [0.1, 0.15) is 35.3 Å². The van der Waals surface area contributed by atoms with Gasteiger partial charge in [-0.25, -0.2) is 0 Å². The lowest BCUT2D eigenvalue weighted by Gasteiger charge is -2.14. The first kappa shape index (κ1) is 24.2. The molecule has 8 heteroatoms.